The lowest BCUT2D eigenvalue weighted by molar-refractivity contribution is 0.331. The average molecular weight is 163 g/mol. The first-order valence-electron chi connectivity index (χ1n) is 3.71. The fraction of sp³-hybridized carbons (Fsp3) is 1.00. The van der Waals surface area contributed by atoms with Crippen LogP contribution >= 0.6 is 7.52 Å². The Labute approximate surface area is 61.7 Å². The molecule has 1 aliphatic rings. The summed E-state index contributed by atoms with van der Waals surface area (Å²) in [5.41, 5.74) is 0. The van der Waals surface area contributed by atoms with E-state index in [1.807, 2.05) is 6.92 Å². The largest absolute Gasteiger partial charge is 0.316 e. The summed E-state index contributed by atoms with van der Waals surface area (Å²) in [6.45, 7) is 4.56. The van der Waals surface area contributed by atoms with E-state index < -0.39 is 7.52 Å². The summed E-state index contributed by atoms with van der Waals surface area (Å²) in [7, 11) is -2.37. The first-order chi connectivity index (χ1) is 4.70. The highest BCUT2D eigenvalue weighted by molar-refractivity contribution is 7.57. The second-order valence-electron chi connectivity index (χ2n) is 2.52. The van der Waals surface area contributed by atoms with Crippen LogP contribution in [0, 0.1) is 0 Å². The minimum absolute atomic E-state index is 0.311. The molecule has 0 aromatic heterocycles. The van der Waals surface area contributed by atoms with Gasteiger partial charge in [-0.25, -0.2) is 5.09 Å². The van der Waals surface area contributed by atoms with Crippen molar-refractivity contribution in [1.82, 2.24) is 5.09 Å². The van der Waals surface area contributed by atoms with Gasteiger partial charge in [-0.1, -0.05) is 13.8 Å². The summed E-state index contributed by atoms with van der Waals surface area (Å²) < 4.78 is 16.6. The van der Waals surface area contributed by atoms with Crippen LogP contribution in [0.5, 0.6) is 0 Å². The van der Waals surface area contributed by atoms with E-state index in [1.165, 1.54) is 0 Å². The van der Waals surface area contributed by atoms with Crippen LogP contribution in [0.4, 0.5) is 0 Å². The fourth-order valence-corrected chi connectivity index (χ4v) is 2.63. The maximum atomic E-state index is 11.4. The summed E-state index contributed by atoms with van der Waals surface area (Å²) in [4.78, 5) is 0. The van der Waals surface area contributed by atoms with E-state index in [2.05, 4.69) is 12.0 Å². The van der Waals surface area contributed by atoms with E-state index in [4.69, 9.17) is 4.52 Å². The third kappa shape index (κ3) is 1.60. The van der Waals surface area contributed by atoms with Gasteiger partial charge >= 0.3 is 0 Å². The first kappa shape index (κ1) is 8.25. The average Bonchev–Trinajstić information content (AvgIpc) is 2.33. The molecule has 0 radical (unpaired) electrons. The zero-order chi connectivity index (χ0) is 7.61. The van der Waals surface area contributed by atoms with Gasteiger partial charge in [0, 0.05) is 12.2 Å². The summed E-state index contributed by atoms with van der Waals surface area (Å²) >= 11 is 0. The topological polar surface area (TPSA) is 38.3 Å². The Morgan fingerprint density at radius 3 is 2.70 bits per heavy atom. The maximum Gasteiger partial charge on any atom is 0.269 e. The molecule has 1 fully saturated rings. The van der Waals surface area contributed by atoms with Gasteiger partial charge in [0.15, 0.2) is 0 Å². The van der Waals surface area contributed by atoms with Gasteiger partial charge in [-0.3, -0.25) is 4.57 Å². The molecule has 1 N–H and O–H groups in total. The summed E-state index contributed by atoms with van der Waals surface area (Å²) in [5.74, 6) is 0. The van der Waals surface area contributed by atoms with Crippen LogP contribution in [0.15, 0.2) is 0 Å². The minimum atomic E-state index is -2.37. The predicted molar refractivity (Wildman–Crippen MR) is 41.3 cm³/mol. The molecule has 1 rings (SSSR count). The number of nitrogens with one attached hydrogen (secondary N) is 1. The molecular weight excluding hydrogens is 149 g/mol. The number of hydrogen-bond donors (Lipinski definition) is 1. The SMILES string of the molecule is CC[C@H]1COP(=O)(CC)N1. The van der Waals surface area contributed by atoms with Gasteiger partial charge in [0.05, 0.1) is 6.61 Å². The van der Waals surface area contributed by atoms with Crippen molar-refractivity contribution in [3.63, 3.8) is 0 Å². The first-order valence-corrected chi connectivity index (χ1v) is 5.52. The molecule has 0 bridgehead atoms. The highest BCUT2D eigenvalue weighted by Crippen LogP contribution is 2.46. The molecule has 1 saturated heterocycles. The van der Waals surface area contributed by atoms with E-state index in [-0.39, 0.29) is 0 Å². The Hall–Kier alpha value is 0.150. The van der Waals surface area contributed by atoms with Crippen molar-refractivity contribution in [2.24, 2.45) is 0 Å². The fourth-order valence-electron chi connectivity index (χ4n) is 0.955. The second-order valence-corrected chi connectivity index (χ2v) is 5.02. The molecule has 0 amide bonds. The molecule has 0 saturated carbocycles. The molecule has 1 aliphatic heterocycles. The lowest BCUT2D eigenvalue weighted by Crippen LogP contribution is -2.20. The molecule has 0 aromatic rings. The third-order valence-electron chi connectivity index (χ3n) is 1.77. The van der Waals surface area contributed by atoms with Crippen LogP contribution in [0.2, 0.25) is 0 Å². The van der Waals surface area contributed by atoms with Gasteiger partial charge in [-0.15, -0.1) is 0 Å². The Balaban J connectivity index is 2.49. The van der Waals surface area contributed by atoms with Crippen molar-refractivity contribution in [2.45, 2.75) is 26.3 Å². The van der Waals surface area contributed by atoms with E-state index >= 15 is 0 Å². The van der Waals surface area contributed by atoms with E-state index in [1.54, 1.807) is 0 Å². The normalized spacial score (nSPS) is 40.4. The van der Waals surface area contributed by atoms with E-state index in [0.29, 0.717) is 18.8 Å². The van der Waals surface area contributed by atoms with E-state index in [9.17, 15) is 4.57 Å². The van der Waals surface area contributed by atoms with Crippen molar-refractivity contribution in [3.8, 4) is 0 Å². The summed E-state index contributed by atoms with van der Waals surface area (Å²) in [6, 6.07) is 0.311. The van der Waals surface area contributed by atoms with Crippen LogP contribution in [0.3, 0.4) is 0 Å². The lowest BCUT2D eigenvalue weighted by Gasteiger charge is -2.07. The molecule has 3 nitrogen and oxygen atoms in total. The van der Waals surface area contributed by atoms with Crippen LogP contribution in [0.1, 0.15) is 20.3 Å². The van der Waals surface area contributed by atoms with Gasteiger partial charge in [0.25, 0.3) is 7.52 Å². The number of hydrogen-bond acceptors (Lipinski definition) is 2. The van der Waals surface area contributed by atoms with Gasteiger partial charge < -0.3 is 4.52 Å². The van der Waals surface area contributed by atoms with Gasteiger partial charge in [0.2, 0.25) is 0 Å². The molecule has 4 heteroatoms. The molecule has 2 atom stereocenters. The standard InChI is InChI=1S/C6H14NO2P/c1-3-6-5-9-10(8,4-2)7-6/h6H,3-5H2,1-2H3,(H,7,8)/t6-,10?/m0/s1. The van der Waals surface area contributed by atoms with Gasteiger partial charge in [-0.2, -0.15) is 0 Å². The molecule has 0 spiro atoms. The van der Waals surface area contributed by atoms with Gasteiger partial charge in [0.1, 0.15) is 0 Å². The Morgan fingerprint density at radius 2 is 2.40 bits per heavy atom. The zero-order valence-electron chi connectivity index (χ0n) is 6.46. The monoisotopic (exact) mass is 163 g/mol. The quantitative estimate of drug-likeness (QED) is 0.628. The minimum Gasteiger partial charge on any atom is -0.316 e. The van der Waals surface area contributed by atoms with Crippen LogP contribution in [0.25, 0.3) is 0 Å². The van der Waals surface area contributed by atoms with Gasteiger partial charge in [-0.05, 0) is 6.42 Å². The molecule has 60 valence electrons. The van der Waals surface area contributed by atoms with Crippen molar-refractivity contribution in [3.05, 3.63) is 0 Å². The van der Waals surface area contributed by atoms with Crippen LogP contribution in [-0.2, 0) is 9.09 Å². The Bertz CT molecular complexity index is 160. The van der Waals surface area contributed by atoms with Crippen LogP contribution in [-0.4, -0.2) is 18.8 Å². The molecule has 1 unspecified atom stereocenters. The molecule has 1 heterocycles. The number of rotatable bonds is 2. The van der Waals surface area contributed by atoms with Crippen molar-refractivity contribution in [2.75, 3.05) is 12.8 Å². The van der Waals surface area contributed by atoms with Crippen molar-refractivity contribution >= 4 is 7.52 Å². The van der Waals surface area contributed by atoms with Crippen LogP contribution < -0.4 is 5.09 Å². The molecule has 0 aromatic carbocycles. The summed E-state index contributed by atoms with van der Waals surface area (Å²) in [6.07, 6.45) is 1.59. The molecule has 10 heavy (non-hydrogen) atoms. The summed E-state index contributed by atoms with van der Waals surface area (Å²) in [5, 5.41) is 3.00. The molecular formula is C6H14NO2P. The highest BCUT2D eigenvalue weighted by Gasteiger charge is 2.31. The van der Waals surface area contributed by atoms with Crippen molar-refractivity contribution < 1.29 is 9.09 Å². The zero-order valence-corrected chi connectivity index (χ0v) is 7.36. The molecule has 0 aliphatic carbocycles. The third-order valence-corrected chi connectivity index (χ3v) is 3.93. The highest BCUT2D eigenvalue weighted by atomic mass is 31.2. The second kappa shape index (κ2) is 3.04. The van der Waals surface area contributed by atoms with Crippen molar-refractivity contribution in [1.29, 1.82) is 0 Å². The lowest BCUT2D eigenvalue weighted by atomic mass is 10.3. The Morgan fingerprint density at radius 1 is 1.70 bits per heavy atom. The smallest absolute Gasteiger partial charge is 0.269 e. The van der Waals surface area contributed by atoms with E-state index in [0.717, 1.165) is 6.42 Å². The maximum absolute atomic E-state index is 11.4. The predicted octanol–water partition coefficient (Wildman–Crippen LogP) is 1.60. The Kier molecular flexibility index (Phi) is 2.50.